The SMILES string of the molecule is Cc1ccc(Cl)c2sc(N3CCC(NC(=O)c4ccnn4C)CC3)nc12. The zero-order valence-corrected chi connectivity index (χ0v) is 16.3. The molecule has 1 aromatic carbocycles. The summed E-state index contributed by atoms with van der Waals surface area (Å²) in [4.78, 5) is 19.4. The number of hydrogen-bond acceptors (Lipinski definition) is 5. The molecule has 8 heteroatoms. The number of aromatic nitrogens is 3. The number of thiazole rings is 1. The lowest BCUT2D eigenvalue weighted by molar-refractivity contribution is 0.0921. The van der Waals surface area contributed by atoms with Gasteiger partial charge in [-0.05, 0) is 37.5 Å². The van der Waals surface area contributed by atoms with Crippen LogP contribution >= 0.6 is 22.9 Å². The van der Waals surface area contributed by atoms with Gasteiger partial charge in [0, 0.05) is 32.4 Å². The van der Waals surface area contributed by atoms with E-state index < -0.39 is 0 Å². The molecule has 1 saturated heterocycles. The first-order valence-corrected chi connectivity index (χ1v) is 9.82. The van der Waals surface area contributed by atoms with Gasteiger partial charge in [-0.25, -0.2) is 4.98 Å². The zero-order valence-electron chi connectivity index (χ0n) is 14.7. The van der Waals surface area contributed by atoms with Crippen molar-refractivity contribution in [3.8, 4) is 0 Å². The number of amides is 1. The van der Waals surface area contributed by atoms with Crippen molar-refractivity contribution in [2.45, 2.75) is 25.8 Å². The molecular formula is C18H20ClN5OS. The topological polar surface area (TPSA) is 63.1 Å². The number of hydrogen-bond donors (Lipinski definition) is 1. The van der Waals surface area contributed by atoms with Crippen molar-refractivity contribution in [1.29, 1.82) is 0 Å². The number of nitrogens with one attached hydrogen (secondary N) is 1. The first kappa shape index (κ1) is 17.3. The van der Waals surface area contributed by atoms with Crippen LogP contribution in [0.5, 0.6) is 0 Å². The van der Waals surface area contributed by atoms with Crippen LogP contribution in [-0.2, 0) is 7.05 Å². The van der Waals surface area contributed by atoms with Crippen LogP contribution in [0.15, 0.2) is 24.4 Å². The fourth-order valence-electron chi connectivity index (χ4n) is 3.30. The van der Waals surface area contributed by atoms with Crippen LogP contribution in [0.4, 0.5) is 5.13 Å². The Hall–Kier alpha value is -2.12. The second-order valence-corrected chi connectivity index (χ2v) is 8.00. The van der Waals surface area contributed by atoms with Gasteiger partial charge in [0.15, 0.2) is 5.13 Å². The van der Waals surface area contributed by atoms with Crippen molar-refractivity contribution < 1.29 is 4.79 Å². The lowest BCUT2D eigenvalue weighted by Crippen LogP contribution is -2.45. The first-order valence-electron chi connectivity index (χ1n) is 8.62. The molecule has 1 fully saturated rings. The fourth-order valence-corrected chi connectivity index (χ4v) is 4.67. The van der Waals surface area contributed by atoms with E-state index in [9.17, 15) is 4.79 Å². The van der Waals surface area contributed by atoms with E-state index in [-0.39, 0.29) is 11.9 Å². The van der Waals surface area contributed by atoms with Gasteiger partial charge in [0.2, 0.25) is 0 Å². The summed E-state index contributed by atoms with van der Waals surface area (Å²) in [5.74, 6) is -0.0640. The highest BCUT2D eigenvalue weighted by Gasteiger charge is 2.24. The fraction of sp³-hybridized carbons (Fsp3) is 0.389. The largest absolute Gasteiger partial charge is 0.348 e. The highest BCUT2D eigenvalue weighted by atomic mass is 35.5. The van der Waals surface area contributed by atoms with Gasteiger partial charge in [-0.3, -0.25) is 9.48 Å². The van der Waals surface area contributed by atoms with Gasteiger partial charge in [-0.2, -0.15) is 5.10 Å². The van der Waals surface area contributed by atoms with E-state index in [2.05, 4.69) is 22.2 Å². The molecule has 0 bridgehead atoms. The van der Waals surface area contributed by atoms with Crippen molar-refractivity contribution in [2.75, 3.05) is 18.0 Å². The number of carbonyl (C=O) groups excluding carboxylic acids is 1. The number of fused-ring (bicyclic) bond motifs is 1. The lowest BCUT2D eigenvalue weighted by atomic mass is 10.1. The molecule has 26 heavy (non-hydrogen) atoms. The minimum Gasteiger partial charge on any atom is -0.348 e. The number of anilines is 1. The Labute approximate surface area is 160 Å². The summed E-state index contributed by atoms with van der Waals surface area (Å²) < 4.78 is 2.64. The Kier molecular flexibility index (Phi) is 4.58. The zero-order chi connectivity index (χ0) is 18.3. The molecule has 0 unspecified atom stereocenters. The maximum Gasteiger partial charge on any atom is 0.269 e. The van der Waals surface area contributed by atoms with Crippen molar-refractivity contribution in [3.63, 3.8) is 0 Å². The minimum absolute atomic E-state index is 0.0640. The molecule has 3 aromatic rings. The van der Waals surface area contributed by atoms with Crippen LogP contribution in [-0.4, -0.2) is 39.8 Å². The number of halogens is 1. The van der Waals surface area contributed by atoms with Crippen LogP contribution < -0.4 is 10.2 Å². The first-order chi connectivity index (χ1) is 12.5. The molecular weight excluding hydrogens is 370 g/mol. The Balaban J connectivity index is 1.42. The number of benzene rings is 1. The van der Waals surface area contributed by atoms with Crippen LogP contribution in [0.1, 0.15) is 28.9 Å². The number of carbonyl (C=O) groups is 1. The molecule has 0 saturated carbocycles. The molecule has 0 spiro atoms. The Morgan fingerprint density at radius 3 is 2.73 bits per heavy atom. The summed E-state index contributed by atoms with van der Waals surface area (Å²) in [7, 11) is 1.78. The maximum atomic E-state index is 12.3. The van der Waals surface area contributed by atoms with Gasteiger partial charge in [0.05, 0.1) is 15.2 Å². The summed E-state index contributed by atoms with van der Waals surface area (Å²) in [6.07, 6.45) is 3.43. The van der Waals surface area contributed by atoms with Crippen LogP contribution in [0.3, 0.4) is 0 Å². The van der Waals surface area contributed by atoms with Gasteiger partial charge in [-0.1, -0.05) is 29.0 Å². The van der Waals surface area contributed by atoms with Crippen molar-refractivity contribution in [2.24, 2.45) is 7.05 Å². The molecule has 1 N–H and O–H groups in total. The summed E-state index contributed by atoms with van der Waals surface area (Å²) in [6, 6.07) is 5.85. The molecule has 3 heterocycles. The van der Waals surface area contributed by atoms with Crippen molar-refractivity contribution in [3.05, 3.63) is 40.7 Å². The van der Waals surface area contributed by atoms with E-state index in [0.29, 0.717) is 5.69 Å². The molecule has 0 radical (unpaired) electrons. The van der Waals surface area contributed by atoms with Gasteiger partial charge < -0.3 is 10.2 Å². The number of piperidine rings is 1. The third-order valence-corrected chi connectivity index (χ3v) is 6.42. The quantitative estimate of drug-likeness (QED) is 0.745. The predicted molar refractivity (Wildman–Crippen MR) is 105 cm³/mol. The summed E-state index contributed by atoms with van der Waals surface area (Å²) in [6.45, 7) is 3.79. The predicted octanol–water partition coefficient (Wildman–Crippen LogP) is 3.39. The van der Waals surface area contributed by atoms with Gasteiger partial charge in [-0.15, -0.1) is 0 Å². The number of aryl methyl sites for hydroxylation is 2. The molecule has 1 aliphatic rings. The Morgan fingerprint density at radius 2 is 2.08 bits per heavy atom. The standard InChI is InChI=1S/C18H20ClN5OS/c1-11-3-4-13(19)16-15(11)22-18(26-16)24-9-6-12(7-10-24)21-17(25)14-5-8-20-23(14)2/h3-5,8,12H,6-7,9-10H2,1-2H3,(H,21,25). The molecule has 1 aliphatic heterocycles. The van der Waals surface area contributed by atoms with E-state index in [1.54, 1.807) is 35.3 Å². The van der Waals surface area contributed by atoms with Crippen LogP contribution in [0.25, 0.3) is 10.2 Å². The second kappa shape index (κ2) is 6.89. The second-order valence-electron chi connectivity index (χ2n) is 6.61. The normalized spacial score (nSPS) is 15.6. The molecule has 4 rings (SSSR count). The highest BCUT2D eigenvalue weighted by molar-refractivity contribution is 7.22. The highest BCUT2D eigenvalue weighted by Crippen LogP contribution is 2.36. The van der Waals surface area contributed by atoms with Gasteiger partial charge >= 0.3 is 0 Å². The molecule has 136 valence electrons. The number of nitrogens with zero attached hydrogens (tertiary/aromatic N) is 4. The van der Waals surface area contributed by atoms with E-state index in [1.807, 2.05) is 12.1 Å². The van der Waals surface area contributed by atoms with E-state index >= 15 is 0 Å². The van der Waals surface area contributed by atoms with E-state index in [4.69, 9.17) is 16.6 Å². The number of rotatable bonds is 3. The smallest absolute Gasteiger partial charge is 0.269 e. The molecule has 0 atom stereocenters. The monoisotopic (exact) mass is 389 g/mol. The summed E-state index contributed by atoms with van der Waals surface area (Å²) in [5, 5.41) is 8.93. The minimum atomic E-state index is -0.0640. The molecule has 2 aromatic heterocycles. The third kappa shape index (κ3) is 3.17. The average molecular weight is 390 g/mol. The third-order valence-electron chi connectivity index (χ3n) is 4.84. The van der Waals surface area contributed by atoms with E-state index in [1.165, 1.54) is 0 Å². The maximum absolute atomic E-state index is 12.3. The lowest BCUT2D eigenvalue weighted by Gasteiger charge is -2.32. The van der Waals surface area contributed by atoms with Gasteiger partial charge in [0.25, 0.3) is 5.91 Å². The Bertz CT molecular complexity index is 919. The summed E-state index contributed by atoms with van der Waals surface area (Å²) in [5.41, 5.74) is 2.72. The van der Waals surface area contributed by atoms with Crippen molar-refractivity contribution in [1.82, 2.24) is 20.1 Å². The summed E-state index contributed by atoms with van der Waals surface area (Å²) >= 11 is 7.96. The van der Waals surface area contributed by atoms with E-state index in [0.717, 1.165) is 51.9 Å². The van der Waals surface area contributed by atoms with Gasteiger partial charge in [0.1, 0.15) is 5.69 Å². The van der Waals surface area contributed by atoms with Crippen molar-refractivity contribution >= 4 is 44.2 Å². The Morgan fingerprint density at radius 1 is 1.31 bits per heavy atom. The molecule has 1 amide bonds. The van der Waals surface area contributed by atoms with Crippen LogP contribution in [0, 0.1) is 6.92 Å². The van der Waals surface area contributed by atoms with Crippen LogP contribution in [0.2, 0.25) is 5.02 Å². The average Bonchev–Trinajstić information content (AvgIpc) is 3.26. The molecule has 0 aliphatic carbocycles. The molecule has 6 nitrogen and oxygen atoms in total.